The van der Waals surface area contributed by atoms with Crippen molar-refractivity contribution in [3.8, 4) is 0 Å². The lowest BCUT2D eigenvalue weighted by molar-refractivity contribution is -0.137. The zero-order valence-electron chi connectivity index (χ0n) is 23.8. The van der Waals surface area contributed by atoms with E-state index in [1.807, 2.05) is 18.4 Å². The normalized spacial score (nSPS) is 18.9. The quantitative estimate of drug-likeness (QED) is 0.250. The van der Waals surface area contributed by atoms with Crippen molar-refractivity contribution in [3.05, 3.63) is 59.2 Å². The summed E-state index contributed by atoms with van der Waals surface area (Å²) in [5.74, 6) is -1.75. The molecule has 43 heavy (non-hydrogen) atoms. The van der Waals surface area contributed by atoms with Crippen molar-refractivity contribution in [2.45, 2.75) is 80.6 Å². The van der Waals surface area contributed by atoms with Gasteiger partial charge in [-0.3, -0.25) is 14.4 Å². The zero-order valence-corrected chi connectivity index (χ0v) is 24.6. The summed E-state index contributed by atoms with van der Waals surface area (Å²) in [5, 5.41) is 13.4. The van der Waals surface area contributed by atoms with Gasteiger partial charge in [-0.1, -0.05) is 25.7 Å². The van der Waals surface area contributed by atoms with E-state index in [1.165, 1.54) is 0 Å². The number of anilines is 1. The molecule has 0 bridgehead atoms. The number of carbonyl (C=O) groups is 4. The van der Waals surface area contributed by atoms with Gasteiger partial charge in [0, 0.05) is 28.6 Å². The highest BCUT2D eigenvalue weighted by molar-refractivity contribution is 7.98. The van der Waals surface area contributed by atoms with Gasteiger partial charge in [0.2, 0.25) is 5.91 Å². The molecule has 4 rings (SSSR count). The van der Waals surface area contributed by atoms with Crippen LogP contribution in [0.4, 0.5) is 23.7 Å². The Kier molecular flexibility index (Phi) is 10.9. The topological polar surface area (TPSA) is 128 Å². The van der Waals surface area contributed by atoms with Crippen LogP contribution in [0.15, 0.2) is 47.4 Å². The van der Waals surface area contributed by atoms with E-state index in [0.29, 0.717) is 24.5 Å². The predicted molar refractivity (Wildman–Crippen MR) is 158 cm³/mol. The van der Waals surface area contributed by atoms with Gasteiger partial charge in [0.15, 0.2) is 0 Å². The van der Waals surface area contributed by atoms with Gasteiger partial charge in [-0.2, -0.15) is 13.2 Å². The Morgan fingerprint density at radius 2 is 1.44 bits per heavy atom. The van der Waals surface area contributed by atoms with E-state index in [1.54, 1.807) is 23.9 Å². The molecule has 2 aromatic carbocycles. The third-order valence-electron chi connectivity index (χ3n) is 7.72. The molecule has 232 valence electrons. The fourth-order valence-corrected chi connectivity index (χ4v) is 5.82. The molecular formula is C30H36F3N5O4S. The van der Waals surface area contributed by atoms with Crippen molar-refractivity contribution < 1.29 is 32.3 Å². The van der Waals surface area contributed by atoms with E-state index >= 15 is 0 Å². The van der Waals surface area contributed by atoms with E-state index < -0.39 is 41.7 Å². The number of amides is 5. The molecule has 0 spiro atoms. The van der Waals surface area contributed by atoms with E-state index in [2.05, 4.69) is 26.6 Å². The molecule has 0 unspecified atom stereocenters. The molecule has 2 fully saturated rings. The highest BCUT2D eigenvalue weighted by Crippen LogP contribution is 2.32. The molecule has 0 aromatic heterocycles. The third kappa shape index (κ3) is 9.12. The number of hydrogen-bond donors (Lipinski definition) is 5. The van der Waals surface area contributed by atoms with Gasteiger partial charge in [0.05, 0.1) is 23.4 Å². The Bertz CT molecular complexity index is 1320. The molecule has 2 atom stereocenters. The Morgan fingerprint density at radius 3 is 2.07 bits per heavy atom. The largest absolute Gasteiger partial charge is 0.416 e. The van der Waals surface area contributed by atoms with Gasteiger partial charge < -0.3 is 26.6 Å². The number of nitrogens with one attached hydrogen (secondary N) is 5. The second-order valence-electron chi connectivity index (χ2n) is 10.8. The SMILES string of the molecule is CSc1ccc(C(=O)N[C@@H]2CCCC[C@@H]2NC(=O)CNC(=O)c2cc(C(F)(F)F)ccc2NC(=O)NC2CCCC2)cc1. The minimum atomic E-state index is -4.71. The van der Waals surface area contributed by atoms with E-state index in [4.69, 9.17) is 0 Å². The number of thioether (sulfide) groups is 1. The van der Waals surface area contributed by atoms with E-state index in [9.17, 15) is 32.3 Å². The summed E-state index contributed by atoms with van der Waals surface area (Å²) >= 11 is 1.57. The highest BCUT2D eigenvalue weighted by atomic mass is 32.2. The summed E-state index contributed by atoms with van der Waals surface area (Å²) in [7, 11) is 0. The number of hydrogen-bond acceptors (Lipinski definition) is 5. The molecule has 9 nitrogen and oxygen atoms in total. The van der Waals surface area contributed by atoms with Crippen LogP contribution >= 0.6 is 11.8 Å². The smallest absolute Gasteiger partial charge is 0.350 e. The third-order valence-corrected chi connectivity index (χ3v) is 8.46. The molecule has 2 aliphatic carbocycles. The highest BCUT2D eigenvalue weighted by Gasteiger charge is 2.33. The fourth-order valence-electron chi connectivity index (χ4n) is 5.42. The average Bonchev–Trinajstić information content (AvgIpc) is 3.49. The molecular weight excluding hydrogens is 583 g/mol. The Balaban J connectivity index is 1.37. The number of urea groups is 1. The first-order chi connectivity index (χ1) is 20.5. The van der Waals surface area contributed by atoms with Crippen LogP contribution in [0, 0.1) is 0 Å². The van der Waals surface area contributed by atoms with Gasteiger partial charge >= 0.3 is 12.2 Å². The Labute approximate surface area is 252 Å². The summed E-state index contributed by atoms with van der Waals surface area (Å²) in [6.07, 6.45) is 3.78. The molecule has 0 saturated heterocycles. The lowest BCUT2D eigenvalue weighted by atomic mass is 9.90. The number of rotatable bonds is 9. The van der Waals surface area contributed by atoms with Crippen LogP contribution in [0.1, 0.15) is 77.6 Å². The van der Waals surface area contributed by atoms with Crippen molar-refractivity contribution in [2.75, 3.05) is 18.1 Å². The van der Waals surface area contributed by atoms with Crippen LogP contribution in [0.5, 0.6) is 0 Å². The van der Waals surface area contributed by atoms with Crippen molar-refractivity contribution in [1.82, 2.24) is 21.3 Å². The van der Waals surface area contributed by atoms with Crippen LogP contribution in [-0.4, -0.2) is 54.7 Å². The van der Waals surface area contributed by atoms with Gasteiger partial charge in [0.1, 0.15) is 0 Å². The molecule has 0 heterocycles. The average molecular weight is 620 g/mol. The summed E-state index contributed by atoms with van der Waals surface area (Å²) in [5.41, 5.74) is -1.09. The number of halogens is 3. The second-order valence-corrected chi connectivity index (χ2v) is 11.7. The standard InChI is InChI=1S/C30H36F3N5O4S/c1-43-21-13-10-18(11-14-21)27(40)37-25-9-5-4-8-24(25)36-26(39)17-34-28(41)22-16-19(30(31,32)33)12-15-23(22)38-29(42)35-20-6-2-3-7-20/h10-16,20,24-25H,2-9,17H2,1H3,(H,34,41)(H,36,39)(H,37,40)(H2,35,38,42)/t24-,25+/m0/s1. The monoisotopic (exact) mass is 619 g/mol. The summed E-state index contributed by atoms with van der Waals surface area (Å²) in [6.45, 7) is -0.504. The summed E-state index contributed by atoms with van der Waals surface area (Å²) in [6, 6.07) is 8.29. The Hall–Kier alpha value is -3.74. The molecule has 5 N–H and O–H groups in total. The van der Waals surface area contributed by atoms with Gasteiger partial charge in [-0.25, -0.2) is 4.79 Å². The lowest BCUT2D eigenvalue weighted by Crippen LogP contribution is -2.54. The molecule has 5 amide bonds. The number of benzene rings is 2. The summed E-state index contributed by atoms with van der Waals surface area (Å²) in [4.78, 5) is 52.1. The molecule has 2 aromatic rings. The van der Waals surface area contributed by atoms with Gasteiger partial charge in [-0.15, -0.1) is 11.8 Å². The van der Waals surface area contributed by atoms with Crippen molar-refractivity contribution in [1.29, 1.82) is 0 Å². The maximum atomic E-state index is 13.4. The van der Waals surface area contributed by atoms with Gasteiger partial charge in [0.25, 0.3) is 11.8 Å². The first-order valence-electron chi connectivity index (χ1n) is 14.3. The minimum absolute atomic E-state index is 0.0375. The summed E-state index contributed by atoms with van der Waals surface area (Å²) < 4.78 is 40.2. The predicted octanol–water partition coefficient (Wildman–Crippen LogP) is 5.08. The minimum Gasteiger partial charge on any atom is -0.350 e. The van der Waals surface area contributed by atoms with E-state index in [0.717, 1.165) is 55.6 Å². The first-order valence-corrected chi connectivity index (χ1v) is 15.6. The number of carbonyl (C=O) groups excluding carboxylic acids is 4. The molecule has 13 heteroatoms. The lowest BCUT2D eigenvalue weighted by Gasteiger charge is -2.33. The molecule has 2 saturated carbocycles. The molecule has 2 aliphatic rings. The second kappa shape index (κ2) is 14.6. The van der Waals surface area contributed by atoms with Gasteiger partial charge in [-0.05, 0) is 74.4 Å². The number of alkyl halides is 3. The zero-order chi connectivity index (χ0) is 31.0. The first kappa shape index (κ1) is 32.2. The van der Waals surface area contributed by atoms with E-state index in [-0.39, 0.29) is 29.7 Å². The maximum absolute atomic E-state index is 13.4. The van der Waals surface area contributed by atoms with Crippen molar-refractivity contribution in [2.24, 2.45) is 0 Å². The van der Waals surface area contributed by atoms with Crippen molar-refractivity contribution in [3.63, 3.8) is 0 Å². The molecule has 0 radical (unpaired) electrons. The van der Waals surface area contributed by atoms with Crippen LogP contribution in [-0.2, 0) is 11.0 Å². The van der Waals surface area contributed by atoms with Crippen LogP contribution in [0.2, 0.25) is 0 Å². The molecule has 0 aliphatic heterocycles. The van der Waals surface area contributed by atoms with Crippen LogP contribution in [0.25, 0.3) is 0 Å². The van der Waals surface area contributed by atoms with Crippen LogP contribution < -0.4 is 26.6 Å². The maximum Gasteiger partial charge on any atom is 0.416 e. The van der Waals surface area contributed by atoms with Crippen molar-refractivity contribution >= 4 is 41.2 Å². The fraction of sp³-hybridized carbons (Fsp3) is 0.467. The van der Waals surface area contributed by atoms with Crippen LogP contribution in [0.3, 0.4) is 0 Å². The Morgan fingerprint density at radius 1 is 0.814 bits per heavy atom.